The number of rotatable bonds is 12. The summed E-state index contributed by atoms with van der Waals surface area (Å²) in [7, 11) is 3.29. The molecule has 1 atom stereocenters. The highest BCUT2D eigenvalue weighted by Gasteiger charge is 2.20. The number of nitrogens with two attached hydrogens (primary N) is 1. The second-order valence-electron chi connectivity index (χ2n) is 9.75. The van der Waals surface area contributed by atoms with Crippen molar-refractivity contribution >= 4 is 23.2 Å². The SMILES string of the molecule is COc1ccc(CCNC(C)COc2cccc(-c3nnc(-n4nc(N5CCCCC5)nc4N)s3)c2)cc1OC. The summed E-state index contributed by atoms with van der Waals surface area (Å²) in [4.78, 5) is 6.63. The zero-order valence-electron chi connectivity index (χ0n) is 23.2. The summed E-state index contributed by atoms with van der Waals surface area (Å²) in [6.45, 7) is 5.35. The number of hydrogen-bond acceptors (Lipinski definition) is 11. The lowest BCUT2D eigenvalue weighted by Gasteiger charge is -2.24. The average molecular weight is 565 g/mol. The Morgan fingerprint density at radius 1 is 1.02 bits per heavy atom. The number of nitrogens with zero attached hydrogens (tertiary/aromatic N) is 6. The fourth-order valence-electron chi connectivity index (χ4n) is 4.60. The summed E-state index contributed by atoms with van der Waals surface area (Å²) < 4.78 is 18.4. The van der Waals surface area contributed by atoms with Crippen molar-refractivity contribution in [2.75, 3.05) is 51.1 Å². The molecule has 11 nitrogen and oxygen atoms in total. The van der Waals surface area contributed by atoms with Crippen LogP contribution in [0.3, 0.4) is 0 Å². The first kappa shape index (κ1) is 27.7. The van der Waals surface area contributed by atoms with Crippen LogP contribution in [0.4, 0.5) is 11.9 Å². The van der Waals surface area contributed by atoms with E-state index in [9.17, 15) is 0 Å². The Morgan fingerprint density at radius 2 is 1.85 bits per heavy atom. The topological polar surface area (TPSA) is 125 Å². The number of anilines is 2. The second-order valence-corrected chi connectivity index (χ2v) is 10.7. The van der Waals surface area contributed by atoms with E-state index in [-0.39, 0.29) is 6.04 Å². The molecule has 1 aliphatic rings. The van der Waals surface area contributed by atoms with Crippen molar-refractivity contribution in [3.05, 3.63) is 48.0 Å². The first-order chi connectivity index (χ1) is 19.5. The van der Waals surface area contributed by atoms with Crippen molar-refractivity contribution < 1.29 is 14.2 Å². The van der Waals surface area contributed by atoms with Crippen LogP contribution in [0.25, 0.3) is 15.7 Å². The van der Waals surface area contributed by atoms with E-state index in [4.69, 9.17) is 19.9 Å². The molecular formula is C28H36N8O3S. The van der Waals surface area contributed by atoms with Gasteiger partial charge in [-0.2, -0.15) is 9.67 Å². The van der Waals surface area contributed by atoms with E-state index < -0.39 is 0 Å². The maximum absolute atomic E-state index is 6.18. The summed E-state index contributed by atoms with van der Waals surface area (Å²) in [6.07, 6.45) is 4.40. The number of hydrogen-bond donors (Lipinski definition) is 2. The molecule has 3 N–H and O–H groups in total. The minimum absolute atomic E-state index is 0.168. The largest absolute Gasteiger partial charge is 0.493 e. The highest BCUT2D eigenvalue weighted by atomic mass is 32.1. The second kappa shape index (κ2) is 13.0. The van der Waals surface area contributed by atoms with Crippen LogP contribution in [0, 0.1) is 0 Å². The van der Waals surface area contributed by atoms with Crippen LogP contribution < -0.4 is 30.2 Å². The number of nitrogen functional groups attached to an aromatic ring is 1. The predicted molar refractivity (Wildman–Crippen MR) is 157 cm³/mol. The first-order valence-electron chi connectivity index (χ1n) is 13.5. The highest BCUT2D eigenvalue weighted by molar-refractivity contribution is 7.17. The van der Waals surface area contributed by atoms with Gasteiger partial charge in [0.2, 0.25) is 17.0 Å². The number of piperidine rings is 1. The molecule has 2 aromatic heterocycles. The lowest BCUT2D eigenvalue weighted by Crippen LogP contribution is -2.33. The van der Waals surface area contributed by atoms with Gasteiger partial charge in [-0.3, -0.25) is 0 Å². The Kier molecular flexibility index (Phi) is 8.97. The predicted octanol–water partition coefficient (Wildman–Crippen LogP) is 3.98. The average Bonchev–Trinajstić information content (AvgIpc) is 3.63. The van der Waals surface area contributed by atoms with Crippen LogP contribution in [-0.2, 0) is 6.42 Å². The summed E-state index contributed by atoms with van der Waals surface area (Å²) in [5.41, 5.74) is 8.28. The highest BCUT2D eigenvalue weighted by Crippen LogP contribution is 2.30. The van der Waals surface area contributed by atoms with Crippen LogP contribution in [-0.4, -0.2) is 71.5 Å². The van der Waals surface area contributed by atoms with Crippen LogP contribution in [0.5, 0.6) is 17.2 Å². The lowest BCUT2D eigenvalue weighted by molar-refractivity contribution is 0.274. The standard InChI is InChI=1S/C28H36N8O3S/c1-19(30-13-12-20-10-11-23(37-2)24(16-20)38-3)18-39-22-9-7-8-21(17-22)25-32-33-28(40-25)36-26(29)31-27(34-36)35-14-5-4-6-15-35/h7-11,16-17,19,30H,4-6,12-15,18H2,1-3H3,(H2,29,31,34). The third-order valence-corrected chi connectivity index (χ3v) is 7.74. The Morgan fingerprint density at radius 3 is 2.65 bits per heavy atom. The van der Waals surface area contributed by atoms with E-state index in [1.54, 1.807) is 18.9 Å². The summed E-state index contributed by atoms with van der Waals surface area (Å²) in [6, 6.07) is 14.0. The molecular weight excluding hydrogens is 528 g/mol. The van der Waals surface area contributed by atoms with Crippen LogP contribution >= 0.6 is 11.3 Å². The zero-order valence-corrected chi connectivity index (χ0v) is 24.0. The number of ether oxygens (including phenoxy) is 3. The van der Waals surface area contributed by atoms with Crippen molar-refractivity contribution in [1.82, 2.24) is 30.3 Å². The number of aromatic nitrogens is 5. The van der Waals surface area contributed by atoms with Gasteiger partial charge in [-0.1, -0.05) is 29.5 Å². The molecule has 1 aliphatic heterocycles. The Labute approximate surface area is 238 Å². The van der Waals surface area contributed by atoms with Gasteiger partial charge in [0.1, 0.15) is 17.4 Å². The molecule has 4 aromatic rings. The van der Waals surface area contributed by atoms with Crippen LogP contribution in [0.15, 0.2) is 42.5 Å². The van der Waals surface area contributed by atoms with Gasteiger partial charge in [0.25, 0.3) is 0 Å². The maximum Gasteiger partial charge on any atom is 0.247 e. The van der Waals surface area contributed by atoms with Gasteiger partial charge in [-0.25, -0.2) is 0 Å². The fraction of sp³-hybridized carbons (Fsp3) is 0.429. The van der Waals surface area contributed by atoms with Crippen molar-refractivity contribution in [2.24, 2.45) is 0 Å². The molecule has 5 rings (SSSR count). The quantitative estimate of drug-likeness (QED) is 0.261. The van der Waals surface area contributed by atoms with Gasteiger partial charge in [0.15, 0.2) is 11.5 Å². The molecule has 2 aromatic carbocycles. The van der Waals surface area contributed by atoms with Crippen LogP contribution in [0.2, 0.25) is 0 Å². The molecule has 3 heterocycles. The molecule has 1 unspecified atom stereocenters. The molecule has 0 radical (unpaired) electrons. The van der Waals surface area contributed by atoms with Gasteiger partial charge in [-0.05, 0) is 69.0 Å². The molecule has 0 bridgehead atoms. The van der Waals surface area contributed by atoms with Crippen molar-refractivity contribution in [3.63, 3.8) is 0 Å². The normalized spacial score (nSPS) is 14.2. The monoisotopic (exact) mass is 564 g/mol. The minimum Gasteiger partial charge on any atom is -0.493 e. The Bertz CT molecular complexity index is 1400. The maximum atomic E-state index is 6.18. The zero-order chi connectivity index (χ0) is 27.9. The smallest absolute Gasteiger partial charge is 0.247 e. The van der Waals surface area contributed by atoms with Crippen molar-refractivity contribution in [2.45, 2.75) is 38.6 Å². The third-order valence-electron chi connectivity index (χ3n) is 6.79. The van der Waals surface area contributed by atoms with Crippen LogP contribution in [0.1, 0.15) is 31.7 Å². The van der Waals surface area contributed by atoms with Crippen molar-refractivity contribution in [3.8, 4) is 33.0 Å². The van der Waals surface area contributed by atoms with E-state index in [1.165, 1.54) is 23.3 Å². The van der Waals surface area contributed by atoms with E-state index in [0.717, 1.165) is 66.7 Å². The van der Waals surface area contributed by atoms with Gasteiger partial charge in [0.05, 0.1) is 14.2 Å². The molecule has 1 fully saturated rings. The Hall–Kier alpha value is -3.90. The first-order valence-corrected chi connectivity index (χ1v) is 14.3. The van der Waals surface area contributed by atoms with E-state index in [0.29, 0.717) is 23.6 Å². The van der Waals surface area contributed by atoms with Gasteiger partial charge >= 0.3 is 0 Å². The molecule has 0 amide bonds. The van der Waals surface area contributed by atoms with Gasteiger partial charge in [-0.15, -0.1) is 15.3 Å². The Balaban J connectivity index is 1.15. The van der Waals surface area contributed by atoms with E-state index in [1.807, 2.05) is 36.4 Å². The molecule has 0 saturated carbocycles. The summed E-state index contributed by atoms with van der Waals surface area (Å²) in [5.74, 6) is 3.21. The number of methoxy groups -OCH3 is 2. The summed E-state index contributed by atoms with van der Waals surface area (Å²) >= 11 is 1.42. The fourth-order valence-corrected chi connectivity index (χ4v) is 5.40. The van der Waals surface area contributed by atoms with Crippen molar-refractivity contribution in [1.29, 1.82) is 0 Å². The summed E-state index contributed by atoms with van der Waals surface area (Å²) in [5, 5.41) is 18.2. The minimum atomic E-state index is 0.168. The molecule has 0 aliphatic carbocycles. The molecule has 40 heavy (non-hydrogen) atoms. The molecule has 212 valence electrons. The molecule has 0 spiro atoms. The van der Waals surface area contributed by atoms with E-state index >= 15 is 0 Å². The molecule has 12 heteroatoms. The van der Waals surface area contributed by atoms with Gasteiger partial charge < -0.3 is 30.2 Å². The van der Waals surface area contributed by atoms with E-state index in [2.05, 4.69) is 43.5 Å². The number of nitrogens with one attached hydrogen (secondary N) is 1. The lowest BCUT2D eigenvalue weighted by atomic mass is 10.1. The van der Waals surface area contributed by atoms with Gasteiger partial charge in [0, 0.05) is 24.7 Å². The third kappa shape index (κ3) is 6.62. The number of benzene rings is 2. The molecule has 1 saturated heterocycles.